The second-order valence-electron chi connectivity index (χ2n) is 6.04. The first kappa shape index (κ1) is 16.3. The van der Waals surface area contributed by atoms with Crippen LogP contribution in [0.4, 0.5) is 4.79 Å². The summed E-state index contributed by atoms with van der Waals surface area (Å²) in [7, 11) is 1.76. The zero-order chi connectivity index (χ0) is 15.9. The summed E-state index contributed by atoms with van der Waals surface area (Å²) in [6, 6.07) is 9.63. The Morgan fingerprint density at radius 2 is 1.82 bits per heavy atom. The van der Waals surface area contributed by atoms with Gasteiger partial charge in [-0.05, 0) is 37.2 Å². The summed E-state index contributed by atoms with van der Waals surface area (Å²) in [5, 5.41) is 0. The van der Waals surface area contributed by atoms with Crippen LogP contribution in [0.3, 0.4) is 0 Å². The third kappa shape index (κ3) is 4.76. The third-order valence-corrected chi connectivity index (χ3v) is 4.30. The fourth-order valence-electron chi connectivity index (χ4n) is 2.92. The van der Waals surface area contributed by atoms with Gasteiger partial charge in [0.25, 0.3) is 0 Å². The van der Waals surface area contributed by atoms with Crippen LogP contribution in [0.5, 0.6) is 0 Å². The van der Waals surface area contributed by atoms with Crippen molar-refractivity contribution >= 4 is 12.0 Å². The highest BCUT2D eigenvalue weighted by Crippen LogP contribution is 2.29. The lowest BCUT2D eigenvalue weighted by Crippen LogP contribution is -2.35. The maximum absolute atomic E-state index is 12.0. The van der Waals surface area contributed by atoms with Crippen molar-refractivity contribution in [1.82, 2.24) is 4.90 Å². The van der Waals surface area contributed by atoms with E-state index in [-0.39, 0.29) is 17.9 Å². The molecule has 1 aliphatic rings. The first-order chi connectivity index (χ1) is 10.6. The Balaban J connectivity index is 1.71. The van der Waals surface area contributed by atoms with Gasteiger partial charge in [-0.1, -0.05) is 30.3 Å². The van der Waals surface area contributed by atoms with E-state index in [1.165, 1.54) is 0 Å². The van der Waals surface area contributed by atoms with Crippen molar-refractivity contribution in [2.24, 2.45) is 17.6 Å². The van der Waals surface area contributed by atoms with Crippen molar-refractivity contribution in [3.05, 3.63) is 35.9 Å². The summed E-state index contributed by atoms with van der Waals surface area (Å²) >= 11 is 0. The first-order valence-electron chi connectivity index (χ1n) is 7.77. The van der Waals surface area contributed by atoms with Gasteiger partial charge in [-0.15, -0.1) is 0 Å². The SMILES string of the molecule is CN(C[C@H]1CC[C@H](C(N)=O)CC1)C(=O)OCc1ccccc1. The summed E-state index contributed by atoms with van der Waals surface area (Å²) in [6.07, 6.45) is 3.22. The minimum absolute atomic E-state index is 0.00610. The number of nitrogens with zero attached hydrogens (tertiary/aromatic N) is 1. The van der Waals surface area contributed by atoms with Crippen LogP contribution in [0, 0.1) is 11.8 Å². The van der Waals surface area contributed by atoms with E-state index in [1.54, 1.807) is 11.9 Å². The molecule has 1 aromatic carbocycles. The number of amides is 2. The molecule has 5 heteroatoms. The Morgan fingerprint density at radius 3 is 2.41 bits per heavy atom. The number of carbonyl (C=O) groups excluding carboxylic acids is 2. The molecule has 1 aliphatic carbocycles. The molecule has 2 N–H and O–H groups in total. The number of carbonyl (C=O) groups is 2. The smallest absolute Gasteiger partial charge is 0.409 e. The number of hydrogen-bond acceptors (Lipinski definition) is 3. The van der Waals surface area contributed by atoms with Crippen LogP contribution in [0.15, 0.2) is 30.3 Å². The summed E-state index contributed by atoms with van der Waals surface area (Å²) < 4.78 is 5.30. The second-order valence-corrected chi connectivity index (χ2v) is 6.04. The maximum atomic E-state index is 12.0. The lowest BCUT2D eigenvalue weighted by molar-refractivity contribution is -0.123. The van der Waals surface area contributed by atoms with Gasteiger partial charge in [-0.3, -0.25) is 4.79 Å². The summed E-state index contributed by atoms with van der Waals surface area (Å²) in [5.41, 5.74) is 6.31. The lowest BCUT2D eigenvalue weighted by Gasteiger charge is -2.29. The van der Waals surface area contributed by atoms with Crippen LogP contribution in [0.2, 0.25) is 0 Å². The molecule has 0 saturated heterocycles. The fourth-order valence-corrected chi connectivity index (χ4v) is 2.92. The number of primary amides is 1. The highest BCUT2D eigenvalue weighted by molar-refractivity contribution is 5.76. The summed E-state index contributed by atoms with van der Waals surface area (Å²) in [4.78, 5) is 24.8. The average molecular weight is 304 g/mol. The highest BCUT2D eigenvalue weighted by atomic mass is 16.6. The molecular weight excluding hydrogens is 280 g/mol. The van der Waals surface area contributed by atoms with Gasteiger partial charge < -0.3 is 15.4 Å². The van der Waals surface area contributed by atoms with Crippen molar-refractivity contribution in [3.8, 4) is 0 Å². The summed E-state index contributed by atoms with van der Waals surface area (Å²) in [5.74, 6) is 0.227. The maximum Gasteiger partial charge on any atom is 0.409 e. The van der Waals surface area contributed by atoms with E-state index in [0.29, 0.717) is 19.1 Å². The predicted octanol–water partition coefficient (Wildman–Crippen LogP) is 2.55. The van der Waals surface area contributed by atoms with Crippen molar-refractivity contribution in [2.45, 2.75) is 32.3 Å². The van der Waals surface area contributed by atoms with Gasteiger partial charge in [0.2, 0.25) is 5.91 Å². The minimum atomic E-state index is -0.305. The van der Waals surface area contributed by atoms with E-state index in [2.05, 4.69) is 0 Å². The van der Waals surface area contributed by atoms with Crippen LogP contribution < -0.4 is 5.73 Å². The molecule has 0 bridgehead atoms. The van der Waals surface area contributed by atoms with Crippen molar-refractivity contribution in [3.63, 3.8) is 0 Å². The zero-order valence-electron chi connectivity index (χ0n) is 13.0. The van der Waals surface area contributed by atoms with E-state index in [9.17, 15) is 9.59 Å². The molecule has 1 fully saturated rings. The molecule has 22 heavy (non-hydrogen) atoms. The molecule has 1 saturated carbocycles. The molecule has 2 amide bonds. The molecule has 0 heterocycles. The van der Waals surface area contributed by atoms with E-state index in [4.69, 9.17) is 10.5 Å². The Bertz CT molecular complexity index is 496. The molecule has 5 nitrogen and oxygen atoms in total. The number of rotatable bonds is 5. The molecule has 0 radical (unpaired) electrons. The van der Waals surface area contributed by atoms with Crippen LogP contribution in [-0.2, 0) is 16.1 Å². The quantitative estimate of drug-likeness (QED) is 0.908. The minimum Gasteiger partial charge on any atom is -0.445 e. The largest absolute Gasteiger partial charge is 0.445 e. The van der Waals surface area contributed by atoms with Gasteiger partial charge in [0.15, 0.2) is 0 Å². The number of ether oxygens (including phenoxy) is 1. The van der Waals surface area contributed by atoms with Crippen molar-refractivity contribution < 1.29 is 14.3 Å². The van der Waals surface area contributed by atoms with E-state index < -0.39 is 0 Å². The molecule has 2 rings (SSSR count). The van der Waals surface area contributed by atoms with Gasteiger partial charge in [0.05, 0.1) is 0 Å². The van der Waals surface area contributed by atoms with Crippen LogP contribution in [0.25, 0.3) is 0 Å². The second kappa shape index (κ2) is 7.82. The monoisotopic (exact) mass is 304 g/mol. The van der Waals surface area contributed by atoms with Crippen molar-refractivity contribution in [1.29, 1.82) is 0 Å². The van der Waals surface area contributed by atoms with Crippen LogP contribution in [-0.4, -0.2) is 30.5 Å². The van der Waals surface area contributed by atoms with Crippen LogP contribution in [0.1, 0.15) is 31.2 Å². The van der Waals surface area contributed by atoms with Crippen LogP contribution >= 0.6 is 0 Å². The molecule has 120 valence electrons. The molecule has 0 atom stereocenters. The normalized spacial score (nSPS) is 21.1. The molecule has 1 aromatic rings. The number of hydrogen-bond donors (Lipinski definition) is 1. The molecular formula is C17H24N2O3. The van der Waals surface area contributed by atoms with E-state index >= 15 is 0 Å². The lowest BCUT2D eigenvalue weighted by atomic mass is 9.81. The molecule has 0 aromatic heterocycles. The Kier molecular flexibility index (Phi) is 5.81. The fraction of sp³-hybridized carbons (Fsp3) is 0.529. The first-order valence-corrected chi connectivity index (χ1v) is 7.77. The topological polar surface area (TPSA) is 72.6 Å². The van der Waals surface area contributed by atoms with Gasteiger partial charge in [0, 0.05) is 19.5 Å². The van der Waals surface area contributed by atoms with Gasteiger partial charge in [0.1, 0.15) is 6.61 Å². The average Bonchev–Trinajstić information content (AvgIpc) is 2.54. The Hall–Kier alpha value is -2.04. The van der Waals surface area contributed by atoms with E-state index in [1.807, 2.05) is 30.3 Å². The standard InChI is InChI=1S/C17H24N2O3/c1-19(11-13-7-9-15(10-8-13)16(18)20)17(21)22-12-14-5-3-2-4-6-14/h2-6,13,15H,7-12H2,1H3,(H2,18,20)/t13-,15-. The predicted molar refractivity (Wildman–Crippen MR) is 83.9 cm³/mol. The Labute approximate surface area is 131 Å². The van der Waals surface area contributed by atoms with E-state index in [0.717, 1.165) is 31.2 Å². The van der Waals surface area contributed by atoms with Gasteiger partial charge in [-0.25, -0.2) is 4.79 Å². The van der Waals surface area contributed by atoms with Gasteiger partial charge in [-0.2, -0.15) is 0 Å². The molecule has 0 spiro atoms. The molecule has 0 unspecified atom stereocenters. The summed E-state index contributed by atoms with van der Waals surface area (Å²) in [6.45, 7) is 0.956. The zero-order valence-corrected chi connectivity index (χ0v) is 13.0. The number of nitrogens with two attached hydrogens (primary N) is 1. The highest BCUT2D eigenvalue weighted by Gasteiger charge is 2.26. The third-order valence-electron chi connectivity index (χ3n) is 4.30. The van der Waals surface area contributed by atoms with Crippen molar-refractivity contribution in [2.75, 3.05) is 13.6 Å². The Morgan fingerprint density at radius 1 is 1.18 bits per heavy atom. The number of benzene rings is 1. The van der Waals surface area contributed by atoms with Gasteiger partial charge >= 0.3 is 6.09 Å². The molecule has 0 aliphatic heterocycles.